The van der Waals surface area contributed by atoms with E-state index in [0.717, 1.165) is 0 Å². The van der Waals surface area contributed by atoms with Crippen LogP contribution in [0.15, 0.2) is 301 Å². The number of hydrogen-bond acceptors (Lipinski definition) is 4. The van der Waals surface area contributed by atoms with E-state index in [4.69, 9.17) is 0 Å². The van der Waals surface area contributed by atoms with Crippen LogP contribution in [-0.4, -0.2) is 8.42 Å². The molecule has 328 valence electrons. The van der Waals surface area contributed by atoms with Gasteiger partial charge in [-0.25, -0.2) is 8.42 Å². The van der Waals surface area contributed by atoms with Crippen molar-refractivity contribution < 1.29 is 18.6 Å². The summed E-state index contributed by atoms with van der Waals surface area (Å²) in [5.41, 5.74) is 0. The number of hydrogen-bond donors (Lipinski definition) is 0. The maximum absolute atomic E-state index is 12.1. The molecule has 0 saturated heterocycles. The van der Waals surface area contributed by atoms with E-state index in [9.17, 15) is 18.6 Å². The third kappa shape index (κ3) is 10.1. The van der Waals surface area contributed by atoms with Crippen molar-refractivity contribution in [3.05, 3.63) is 291 Å². The average Bonchev–Trinajstić information content (AvgIpc) is 3.40. The van der Waals surface area contributed by atoms with Crippen molar-refractivity contribution in [2.75, 3.05) is 0 Å². The van der Waals surface area contributed by atoms with Crippen LogP contribution >= 0.6 is 14.5 Å². The van der Waals surface area contributed by atoms with E-state index >= 15 is 0 Å². The summed E-state index contributed by atoms with van der Waals surface area (Å²) in [6.45, 7) is 0. The lowest BCUT2D eigenvalue weighted by molar-refractivity contribution is -0.269. The summed E-state index contributed by atoms with van der Waals surface area (Å²) in [5.74, 6) is -0.502. The van der Waals surface area contributed by atoms with Gasteiger partial charge in [0.2, 0.25) is 9.84 Å². The lowest BCUT2D eigenvalue weighted by Gasteiger charge is -2.27. The highest BCUT2D eigenvalue weighted by Crippen LogP contribution is 2.55. The molecular weight excluding hydrogens is 879 g/mol. The zero-order valence-corrected chi connectivity index (χ0v) is 39.3. The SMILES string of the molecule is O=S(=O)(c1ccc([O-])cc1)c1ccc([O-])cc1.c1ccc([P+](c2ccccc2)(c2ccccc2)c2ccccc2)cc1.c1ccc([P+](c2ccccc2)(c2ccccc2)c2ccccc2)cc1. The molecule has 0 amide bonds. The van der Waals surface area contributed by atoms with E-state index in [-0.39, 0.29) is 21.3 Å². The summed E-state index contributed by atoms with van der Waals surface area (Å²) in [4.78, 5) is 0.0755. The molecule has 0 N–H and O–H groups in total. The normalized spacial score (nSPS) is 11.2. The molecule has 0 aliphatic rings. The van der Waals surface area contributed by atoms with Gasteiger partial charge in [0.25, 0.3) is 0 Å². The predicted octanol–water partition coefficient (Wildman–Crippen LogP) is 9.28. The van der Waals surface area contributed by atoms with E-state index in [1.54, 1.807) is 0 Å². The first-order valence-electron chi connectivity index (χ1n) is 21.9. The lowest BCUT2D eigenvalue weighted by atomic mass is 10.3. The molecule has 0 unspecified atom stereocenters. The summed E-state index contributed by atoms with van der Waals surface area (Å²) in [6.07, 6.45) is 0. The molecule has 0 bridgehead atoms. The molecule has 0 spiro atoms. The Balaban J connectivity index is 0.000000139. The van der Waals surface area contributed by atoms with Crippen molar-refractivity contribution in [1.82, 2.24) is 0 Å². The van der Waals surface area contributed by atoms with Crippen molar-refractivity contribution in [3.8, 4) is 11.5 Å². The smallest absolute Gasteiger partial charge is 0.206 e. The van der Waals surface area contributed by atoms with E-state index in [2.05, 4.69) is 243 Å². The molecule has 7 heteroatoms. The third-order valence-electron chi connectivity index (χ3n) is 11.4. The maximum atomic E-state index is 12.1. The summed E-state index contributed by atoms with van der Waals surface area (Å²) in [7, 11) is -7.46. The van der Waals surface area contributed by atoms with Crippen LogP contribution in [0.3, 0.4) is 0 Å². The largest absolute Gasteiger partial charge is 0.872 e. The molecule has 0 radical (unpaired) electrons. The zero-order chi connectivity index (χ0) is 46.4. The summed E-state index contributed by atoms with van der Waals surface area (Å²) < 4.78 is 24.1. The third-order valence-corrected chi connectivity index (χ3v) is 21.8. The molecule has 67 heavy (non-hydrogen) atoms. The van der Waals surface area contributed by atoms with Gasteiger partial charge >= 0.3 is 0 Å². The van der Waals surface area contributed by atoms with Crippen LogP contribution in [0, 0.1) is 0 Å². The minimum atomic E-state index is -3.65. The van der Waals surface area contributed by atoms with Crippen LogP contribution in [0.1, 0.15) is 0 Å². The van der Waals surface area contributed by atoms with Gasteiger partial charge in [-0.05, 0) is 121 Å². The van der Waals surface area contributed by atoms with Crippen molar-refractivity contribution in [2.24, 2.45) is 0 Å². The van der Waals surface area contributed by atoms with E-state index in [1.165, 1.54) is 91.0 Å². The van der Waals surface area contributed by atoms with Crippen LogP contribution in [-0.2, 0) is 9.84 Å². The minimum absolute atomic E-state index is 0.0377. The molecule has 0 atom stereocenters. The van der Waals surface area contributed by atoms with Crippen molar-refractivity contribution >= 4 is 66.8 Å². The minimum Gasteiger partial charge on any atom is -0.872 e. The van der Waals surface area contributed by atoms with Crippen LogP contribution in [0.5, 0.6) is 11.5 Å². The number of sulfone groups is 1. The molecule has 0 aliphatic carbocycles. The highest BCUT2D eigenvalue weighted by atomic mass is 32.2. The predicted molar refractivity (Wildman–Crippen MR) is 280 cm³/mol. The Morgan fingerprint density at radius 2 is 0.373 bits per heavy atom. The zero-order valence-electron chi connectivity index (χ0n) is 36.6. The molecule has 0 heterocycles. The van der Waals surface area contributed by atoms with E-state index in [1.807, 2.05) is 0 Å². The fourth-order valence-corrected chi connectivity index (χ4v) is 18.2. The standard InChI is InChI=1S/2C24H20P.C12H10O4S/c2*1-5-13-21(14-6-1)25(22-15-7-2-8-16-22,23-17-9-3-10-18-23)24-19-11-4-12-20-24;13-9-1-5-11(6-2-9)17(15,16)12-7-3-10(14)4-8-12/h2*1-20H;1-8,13-14H/q2*+1;/p-2. The van der Waals surface area contributed by atoms with Gasteiger partial charge in [-0.3, -0.25) is 0 Å². The Labute approximate surface area is 395 Å². The van der Waals surface area contributed by atoms with Crippen LogP contribution < -0.4 is 52.6 Å². The summed E-state index contributed by atoms with van der Waals surface area (Å²) in [6, 6.07) is 97.4. The van der Waals surface area contributed by atoms with Gasteiger partial charge in [0.05, 0.1) is 9.79 Å². The van der Waals surface area contributed by atoms with Gasteiger partial charge in [0, 0.05) is 0 Å². The van der Waals surface area contributed by atoms with Crippen LogP contribution in [0.25, 0.3) is 0 Å². The highest BCUT2D eigenvalue weighted by Gasteiger charge is 2.48. The first-order chi connectivity index (χ1) is 32.8. The molecule has 0 aromatic heterocycles. The van der Waals surface area contributed by atoms with E-state index < -0.39 is 24.4 Å². The lowest BCUT2D eigenvalue weighted by Crippen LogP contribution is -2.38. The van der Waals surface area contributed by atoms with Crippen LogP contribution in [0.2, 0.25) is 0 Å². The fourth-order valence-electron chi connectivity index (χ4n) is 8.38. The first-order valence-corrected chi connectivity index (χ1v) is 26.9. The molecule has 0 saturated carbocycles. The molecule has 4 nitrogen and oxygen atoms in total. The van der Waals surface area contributed by atoms with Gasteiger partial charge in [0.1, 0.15) is 57.0 Å². The van der Waals surface area contributed by atoms with Gasteiger partial charge in [0.15, 0.2) is 0 Å². The topological polar surface area (TPSA) is 80.3 Å². The van der Waals surface area contributed by atoms with Crippen molar-refractivity contribution in [3.63, 3.8) is 0 Å². The highest BCUT2D eigenvalue weighted by molar-refractivity contribution is 8.02. The summed E-state index contributed by atoms with van der Waals surface area (Å²) >= 11 is 0. The van der Waals surface area contributed by atoms with Gasteiger partial charge in [-0.15, -0.1) is 11.5 Å². The Morgan fingerprint density at radius 3 is 0.522 bits per heavy atom. The van der Waals surface area contributed by atoms with Gasteiger partial charge in [-0.1, -0.05) is 170 Å². The molecule has 10 aromatic carbocycles. The molecule has 0 aliphatic heterocycles. The second kappa shape index (κ2) is 21.7. The van der Waals surface area contributed by atoms with Crippen molar-refractivity contribution in [1.29, 1.82) is 0 Å². The Morgan fingerprint density at radius 1 is 0.224 bits per heavy atom. The maximum Gasteiger partial charge on any atom is 0.206 e. The second-order valence-corrected chi connectivity index (χ2v) is 24.2. The van der Waals surface area contributed by atoms with Gasteiger partial charge < -0.3 is 10.2 Å². The molecule has 10 rings (SSSR count). The van der Waals surface area contributed by atoms with Gasteiger partial charge in [-0.2, -0.15) is 0 Å². The fraction of sp³-hybridized carbons (Fsp3) is 0. The Hall–Kier alpha value is -7.39. The summed E-state index contributed by atoms with van der Waals surface area (Å²) in [5, 5.41) is 32.9. The molecule has 10 aromatic rings. The molecule has 0 fully saturated rings. The van der Waals surface area contributed by atoms with E-state index in [0.29, 0.717) is 0 Å². The molecular formula is C60H48O4P2S. The quantitative estimate of drug-likeness (QED) is 0.128. The number of benzene rings is 10. The second-order valence-electron chi connectivity index (χ2n) is 15.5. The Kier molecular flexibility index (Phi) is 15.0. The average molecular weight is 927 g/mol. The number of rotatable bonds is 10. The first kappa shape index (κ1) is 46.2. The Bertz CT molecular complexity index is 2610. The monoisotopic (exact) mass is 926 g/mol. The van der Waals surface area contributed by atoms with Crippen LogP contribution in [0.4, 0.5) is 0 Å². The van der Waals surface area contributed by atoms with Crippen molar-refractivity contribution in [2.45, 2.75) is 9.79 Å².